The molecule has 1 heterocycles. The highest BCUT2D eigenvalue weighted by molar-refractivity contribution is 6.06. The van der Waals surface area contributed by atoms with Crippen molar-refractivity contribution in [2.75, 3.05) is 10.6 Å². The topological polar surface area (TPSA) is 95.6 Å². The molecule has 5 aliphatic carbocycles. The number of carbonyl (C=O) groups excluding carboxylic acids is 4. The summed E-state index contributed by atoms with van der Waals surface area (Å²) in [5.41, 5.74) is 1.37. The molecule has 7 nitrogen and oxygen atoms in total. The second kappa shape index (κ2) is 7.54. The number of nitrogens with one attached hydrogen (secondary N) is 2. The summed E-state index contributed by atoms with van der Waals surface area (Å²) in [6.07, 6.45) is 8.30. The molecule has 0 spiro atoms. The Morgan fingerprint density at radius 3 is 1.85 bits per heavy atom. The lowest BCUT2D eigenvalue weighted by atomic mass is 9.63. The summed E-state index contributed by atoms with van der Waals surface area (Å²) in [6, 6.07) is 6.97. The van der Waals surface area contributed by atoms with Crippen molar-refractivity contribution >= 4 is 35.0 Å². The van der Waals surface area contributed by atoms with Crippen molar-refractivity contribution in [3.63, 3.8) is 0 Å². The minimum absolute atomic E-state index is 0.0317. The summed E-state index contributed by atoms with van der Waals surface area (Å²) in [5, 5.41) is 5.66. The van der Waals surface area contributed by atoms with Crippen molar-refractivity contribution in [3.05, 3.63) is 36.4 Å². The van der Waals surface area contributed by atoms with Crippen LogP contribution in [0.1, 0.15) is 39.0 Å². The van der Waals surface area contributed by atoms with Gasteiger partial charge in [-0.15, -0.1) is 0 Å². The SMILES string of the molecule is CC(=O)Nc1ccc(NC(=O)C2CCC(N3C(=O)[C@@H]4[C@H]5C=C[C@@H]([C@@H]6C[C@H]56)[C@H]4C3=O)CC2)cc1. The maximum atomic E-state index is 13.3. The minimum Gasteiger partial charge on any atom is -0.326 e. The molecule has 1 saturated heterocycles. The van der Waals surface area contributed by atoms with Crippen molar-refractivity contribution in [1.82, 2.24) is 4.90 Å². The lowest BCUT2D eigenvalue weighted by Crippen LogP contribution is -2.44. The van der Waals surface area contributed by atoms with Crippen LogP contribution in [-0.4, -0.2) is 34.6 Å². The van der Waals surface area contributed by atoms with Crippen molar-refractivity contribution in [3.8, 4) is 0 Å². The first-order valence-corrected chi connectivity index (χ1v) is 12.2. The maximum Gasteiger partial charge on any atom is 0.233 e. The Morgan fingerprint density at radius 2 is 1.33 bits per heavy atom. The van der Waals surface area contributed by atoms with Crippen LogP contribution in [0, 0.1) is 41.4 Å². The van der Waals surface area contributed by atoms with Crippen LogP contribution in [0.3, 0.4) is 0 Å². The Hall–Kier alpha value is -2.96. The summed E-state index contributed by atoms with van der Waals surface area (Å²) in [4.78, 5) is 52.2. The standard InChI is InChI=1S/C26H29N3O4/c1-13(30)27-15-4-6-16(7-5-15)28-24(31)14-2-8-17(9-3-14)29-25(32)22-18-10-11-19(21-12-20(18)21)23(22)26(29)33/h4-7,10-11,14,17-23H,2-3,8-9,12H2,1H3,(H,27,30)(H,28,31)/t14?,17?,18-,19-,20-,21+,22+,23+/m0/s1. The van der Waals surface area contributed by atoms with Crippen LogP contribution in [0.4, 0.5) is 11.4 Å². The van der Waals surface area contributed by atoms with Gasteiger partial charge >= 0.3 is 0 Å². The van der Waals surface area contributed by atoms with E-state index in [-0.39, 0.29) is 59.3 Å². The molecular weight excluding hydrogens is 418 g/mol. The van der Waals surface area contributed by atoms with E-state index in [1.54, 1.807) is 29.2 Å². The molecule has 3 saturated carbocycles. The number of likely N-dealkylation sites (tertiary alicyclic amines) is 1. The fourth-order valence-electron chi connectivity index (χ4n) is 7.02. The molecule has 0 radical (unpaired) electrons. The van der Waals surface area contributed by atoms with Crippen LogP contribution in [-0.2, 0) is 19.2 Å². The quantitative estimate of drug-likeness (QED) is 0.547. The normalized spacial score (nSPS) is 38.0. The largest absolute Gasteiger partial charge is 0.326 e. The zero-order valence-corrected chi connectivity index (χ0v) is 18.7. The van der Waals surface area contributed by atoms with Gasteiger partial charge < -0.3 is 10.6 Å². The zero-order valence-electron chi connectivity index (χ0n) is 18.7. The lowest BCUT2D eigenvalue weighted by molar-refractivity contribution is -0.144. The molecule has 0 aromatic heterocycles. The lowest BCUT2D eigenvalue weighted by Gasteiger charge is -2.37. The van der Waals surface area contributed by atoms with Crippen LogP contribution in [0.5, 0.6) is 0 Å². The third-order valence-electron chi connectivity index (χ3n) is 8.60. The molecule has 6 atom stereocenters. The van der Waals surface area contributed by atoms with Crippen LogP contribution in [0.25, 0.3) is 0 Å². The number of amides is 4. The number of carbonyl (C=O) groups is 4. The first-order chi connectivity index (χ1) is 15.9. The van der Waals surface area contributed by atoms with Crippen LogP contribution in [0.15, 0.2) is 36.4 Å². The molecule has 7 heteroatoms. The second-order valence-electron chi connectivity index (χ2n) is 10.5. The highest BCUT2D eigenvalue weighted by Crippen LogP contribution is 2.65. The molecule has 2 N–H and O–H groups in total. The molecule has 1 aromatic rings. The van der Waals surface area contributed by atoms with Gasteiger partial charge in [0.1, 0.15) is 0 Å². The Balaban J connectivity index is 1.06. The van der Waals surface area contributed by atoms with Gasteiger partial charge in [-0.1, -0.05) is 12.2 Å². The van der Waals surface area contributed by atoms with Gasteiger partial charge in [0.2, 0.25) is 23.6 Å². The fraction of sp³-hybridized carbons (Fsp3) is 0.538. The smallest absolute Gasteiger partial charge is 0.233 e. The molecule has 33 heavy (non-hydrogen) atoms. The number of imide groups is 1. The number of allylic oxidation sites excluding steroid dienone is 2. The fourth-order valence-corrected chi connectivity index (χ4v) is 7.02. The first kappa shape index (κ1) is 20.6. The number of rotatable bonds is 4. The van der Waals surface area contributed by atoms with Gasteiger partial charge in [0.25, 0.3) is 0 Å². The summed E-state index contributed by atoms with van der Waals surface area (Å²) >= 11 is 0. The van der Waals surface area contributed by atoms with E-state index in [2.05, 4.69) is 22.8 Å². The van der Waals surface area contributed by atoms with Crippen molar-refractivity contribution < 1.29 is 19.2 Å². The predicted molar refractivity (Wildman–Crippen MR) is 122 cm³/mol. The summed E-state index contributed by atoms with van der Waals surface area (Å²) < 4.78 is 0. The van der Waals surface area contributed by atoms with Crippen LogP contribution in [0.2, 0.25) is 0 Å². The van der Waals surface area contributed by atoms with E-state index >= 15 is 0 Å². The van der Waals surface area contributed by atoms with Gasteiger partial charge in [0, 0.05) is 30.3 Å². The van der Waals surface area contributed by atoms with Crippen LogP contribution >= 0.6 is 0 Å². The van der Waals surface area contributed by atoms with Crippen molar-refractivity contribution in [1.29, 1.82) is 0 Å². The molecule has 0 unspecified atom stereocenters. The Labute approximate surface area is 193 Å². The first-order valence-electron chi connectivity index (χ1n) is 12.2. The Morgan fingerprint density at radius 1 is 0.818 bits per heavy atom. The third kappa shape index (κ3) is 3.31. The van der Waals surface area contributed by atoms with E-state index in [1.165, 1.54) is 13.3 Å². The molecular formula is C26H29N3O4. The minimum atomic E-state index is -0.141. The zero-order chi connectivity index (χ0) is 22.9. The molecule has 6 aliphatic rings. The van der Waals surface area contributed by atoms with E-state index in [0.717, 1.165) is 0 Å². The Kier molecular flexibility index (Phi) is 4.71. The van der Waals surface area contributed by atoms with Gasteiger partial charge in [-0.05, 0) is 80.0 Å². The Bertz CT molecular complexity index is 1020. The summed E-state index contributed by atoms with van der Waals surface area (Å²) in [7, 11) is 0. The maximum absolute atomic E-state index is 13.3. The molecule has 4 fully saturated rings. The van der Waals surface area contributed by atoms with Gasteiger partial charge in [-0.2, -0.15) is 0 Å². The van der Waals surface area contributed by atoms with E-state index in [0.29, 0.717) is 48.9 Å². The molecule has 1 aliphatic heterocycles. The van der Waals surface area contributed by atoms with Crippen LogP contribution < -0.4 is 10.6 Å². The van der Waals surface area contributed by atoms with Crippen molar-refractivity contribution in [2.45, 2.75) is 45.1 Å². The number of hydrogen-bond donors (Lipinski definition) is 2. The summed E-state index contributed by atoms with van der Waals surface area (Å²) in [6.45, 7) is 1.45. The van der Waals surface area contributed by atoms with Gasteiger partial charge in [0.15, 0.2) is 0 Å². The number of nitrogens with zero attached hydrogens (tertiary/aromatic N) is 1. The molecule has 172 valence electrons. The molecule has 1 aromatic carbocycles. The van der Waals surface area contributed by atoms with Gasteiger partial charge in [0.05, 0.1) is 11.8 Å². The molecule has 2 bridgehead atoms. The van der Waals surface area contributed by atoms with E-state index in [4.69, 9.17) is 0 Å². The average molecular weight is 448 g/mol. The van der Waals surface area contributed by atoms with Gasteiger partial charge in [-0.25, -0.2) is 0 Å². The average Bonchev–Trinajstić information content (AvgIpc) is 3.58. The number of benzene rings is 1. The number of anilines is 2. The number of hydrogen-bond acceptors (Lipinski definition) is 4. The molecule has 4 amide bonds. The summed E-state index contributed by atoms with van der Waals surface area (Å²) in [5.74, 6) is 1.25. The van der Waals surface area contributed by atoms with E-state index in [9.17, 15) is 19.2 Å². The highest BCUT2D eigenvalue weighted by atomic mass is 16.2. The predicted octanol–water partition coefficient (Wildman–Crippen LogP) is 3.20. The van der Waals surface area contributed by atoms with E-state index in [1.807, 2.05) is 0 Å². The van der Waals surface area contributed by atoms with E-state index < -0.39 is 0 Å². The highest BCUT2D eigenvalue weighted by Gasteiger charge is 2.67. The van der Waals surface area contributed by atoms with Crippen molar-refractivity contribution in [2.24, 2.45) is 41.4 Å². The van der Waals surface area contributed by atoms with Gasteiger partial charge in [-0.3, -0.25) is 24.1 Å². The monoisotopic (exact) mass is 447 g/mol. The third-order valence-corrected chi connectivity index (χ3v) is 8.60. The second-order valence-corrected chi connectivity index (χ2v) is 10.5. The molecule has 7 rings (SSSR count).